The number of benzene rings is 1. The van der Waals surface area contributed by atoms with E-state index in [-0.39, 0.29) is 0 Å². The molecule has 0 bridgehead atoms. The van der Waals surface area contributed by atoms with Crippen molar-refractivity contribution >= 4 is 16.7 Å². The van der Waals surface area contributed by atoms with Crippen molar-refractivity contribution in [2.75, 3.05) is 25.0 Å². The number of para-hydroxylation sites is 1. The van der Waals surface area contributed by atoms with E-state index in [1.54, 1.807) is 0 Å². The topological polar surface area (TPSA) is 28.2 Å². The predicted octanol–water partition coefficient (Wildman–Crippen LogP) is 3.44. The van der Waals surface area contributed by atoms with Gasteiger partial charge in [-0.1, -0.05) is 32.0 Å². The zero-order valence-corrected chi connectivity index (χ0v) is 13.0. The molecule has 0 radical (unpaired) electrons. The molecule has 0 spiro atoms. The second kappa shape index (κ2) is 6.71. The summed E-state index contributed by atoms with van der Waals surface area (Å²) in [5, 5.41) is 4.73. The molecule has 0 saturated heterocycles. The molecule has 0 unspecified atom stereocenters. The van der Waals surface area contributed by atoms with Crippen molar-refractivity contribution in [3.05, 3.63) is 35.9 Å². The number of hydrogen-bond acceptors (Lipinski definition) is 3. The number of anilines is 1. The molecule has 108 valence electrons. The van der Waals surface area contributed by atoms with Crippen molar-refractivity contribution in [3.63, 3.8) is 0 Å². The quantitative estimate of drug-likeness (QED) is 0.872. The van der Waals surface area contributed by atoms with E-state index < -0.39 is 0 Å². The average Bonchev–Trinajstić information content (AvgIpc) is 2.45. The molecule has 1 N–H and O–H groups in total. The summed E-state index contributed by atoms with van der Waals surface area (Å²) in [4.78, 5) is 7.04. The number of fused-ring (bicyclic) bond motifs is 1. The van der Waals surface area contributed by atoms with Crippen LogP contribution < -0.4 is 10.2 Å². The fraction of sp³-hybridized carbons (Fsp3) is 0.471. The van der Waals surface area contributed by atoms with Crippen molar-refractivity contribution < 1.29 is 0 Å². The first-order chi connectivity index (χ1) is 9.61. The van der Waals surface area contributed by atoms with Gasteiger partial charge in [0.25, 0.3) is 0 Å². The van der Waals surface area contributed by atoms with Crippen molar-refractivity contribution in [1.82, 2.24) is 10.3 Å². The number of nitrogens with zero attached hydrogens (tertiary/aromatic N) is 2. The Bertz CT molecular complexity index is 563. The molecule has 20 heavy (non-hydrogen) atoms. The smallest absolute Gasteiger partial charge is 0.133 e. The minimum Gasteiger partial charge on any atom is -0.360 e. The van der Waals surface area contributed by atoms with Crippen molar-refractivity contribution in [2.24, 2.45) is 5.92 Å². The van der Waals surface area contributed by atoms with Gasteiger partial charge >= 0.3 is 0 Å². The van der Waals surface area contributed by atoms with E-state index in [9.17, 15) is 0 Å². The van der Waals surface area contributed by atoms with Gasteiger partial charge in [0.1, 0.15) is 5.82 Å². The first kappa shape index (κ1) is 14.8. The van der Waals surface area contributed by atoms with Gasteiger partial charge in [-0.05, 0) is 31.5 Å². The van der Waals surface area contributed by atoms with E-state index in [1.807, 2.05) is 6.07 Å². The van der Waals surface area contributed by atoms with Gasteiger partial charge in [0, 0.05) is 31.1 Å². The number of aromatic nitrogens is 1. The second-order valence-electron chi connectivity index (χ2n) is 5.70. The second-order valence-corrected chi connectivity index (χ2v) is 5.70. The Kier molecular flexibility index (Phi) is 4.96. The van der Waals surface area contributed by atoms with Gasteiger partial charge < -0.3 is 10.2 Å². The predicted molar refractivity (Wildman–Crippen MR) is 87.2 cm³/mol. The van der Waals surface area contributed by atoms with Gasteiger partial charge in [0.05, 0.1) is 5.52 Å². The molecule has 2 aromatic rings. The van der Waals surface area contributed by atoms with Crippen LogP contribution in [0.2, 0.25) is 0 Å². The SMILES string of the molecule is CCN(C)c1nc2ccccc2cc1CNCC(C)C. The van der Waals surface area contributed by atoms with E-state index >= 15 is 0 Å². The van der Waals surface area contributed by atoms with Gasteiger partial charge in [-0.3, -0.25) is 0 Å². The lowest BCUT2D eigenvalue weighted by atomic mass is 10.1. The largest absolute Gasteiger partial charge is 0.360 e. The van der Waals surface area contributed by atoms with Crippen LogP contribution in [-0.2, 0) is 6.54 Å². The highest BCUT2D eigenvalue weighted by Crippen LogP contribution is 2.22. The van der Waals surface area contributed by atoms with Gasteiger partial charge in [-0.15, -0.1) is 0 Å². The van der Waals surface area contributed by atoms with Crippen molar-refractivity contribution in [1.29, 1.82) is 0 Å². The summed E-state index contributed by atoms with van der Waals surface area (Å²) < 4.78 is 0. The maximum Gasteiger partial charge on any atom is 0.133 e. The Hall–Kier alpha value is -1.61. The lowest BCUT2D eigenvalue weighted by molar-refractivity contribution is 0.552. The van der Waals surface area contributed by atoms with E-state index in [0.29, 0.717) is 5.92 Å². The first-order valence-electron chi connectivity index (χ1n) is 7.42. The standard InChI is InChI=1S/C17H25N3/c1-5-20(4)17-15(12-18-11-13(2)3)10-14-8-6-7-9-16(14)19-17/h6-10,13,18H,5,11-12H2,1-4H3. The highest BCUT2D eigenvalue weighted by molar-refractivity contribution is 5.81. The van der Waals surface area contributed by atoms with Crippen LogP contribution in [0.5, 0.6) is 0 Å². The van der Waals surface area contributed by atoms with E-state index in [1.165, 1.54) is 10.9 Å². The lowest BCUT2D eigenvalue weighted by Crippen LogP contribution is -2.23. The summed E-state index contributed by atoms with van der Waals surface area (Å²) >= 11 is 0. The van der Waals surface area contributed by atoms with Crippen LogP contribution >= 0.6 is 0 Å². The average molecular weight is 271 g/mol. The summed E-state index contributed by atoms with van der Waals surface area (Å²) in [5.41, 5.74) is 2.34. The highest BCUT2D eigenvalue weighted by Gasteiger charge is 2.10. The Morgan fingerprint density at radius 1 is 1.25 bits per heavy atom. The molecule has 3 nitrogen and oxygen atoms in total. The molecule has 1 aromatic heterocycles. The molecule has 0 atom stereocenters. The fourth-order valence-electron chi connectivity index (χ4n) is 2.26. The Labute approximate surface area is 122 Å². The van der Waals surface area contributed by atoms with Crippen LogP contribution in [0.1, 0.15) is 26.3 Å². The third-order valence-electron chi connectivity index (χ3n) is 3.48. The molecule has 0 aliphatic rings. The number of rotatable bonds is 6. The lowest BCUT2D eigenvalue weighted by Gasteiger charge is -2.21. The molecule has 1 aromatic carbocycles. The molecule has 0 saturated carbocycles. The van der Waals surface area contributed by atoms with Gasteiger partial charge in [-0.25, -0.2) is 4.98 Å². The maximum absolute atomic E-state index is 4.83. The highest BCUT2D eigenvalue weighted by atomic mass is 15.2. The number of nitrogens with one attached hydrogen (secondary N) is 1. The summed E-state index contributed by atoms with van der Waals surface area (Å²) in [7, 11) is 2.10. The molecule has 0 amide bonds. The van der Waals surface area contributed by atoms with Crippen LogP contribution in [0, 0.1) is 5.92 Å². The monoisotopic (exact) mass is 271 g/mol. The third kappa shape index (κ3) is 3.48. The maximum atomic E-state index is 4.83. The van der Waals surface area contributed by atoms with Gasteiger partial charge in [-0.2, -0.15) is 0 Å². The Morgan fingerprint density at radius 2 is 2.00 bits per heavy atom. The molecule has 0 aliphatic carbocycles. The van der Waals surface area contributed by atoms with E-state index in [0.717, 1.165) is 31.0 Å². The van der Waals surface area contributed by atoms with Crippen LogP contribution in [0.25, 0.3) is 10.9 Å². The number of pyridine rings is 1. The van der Waals surface area contributed by atoms with Crippen molar-refractivity contribution in [2.45, 2.75) is 27.3 Å². The minimum atomic E-state index is 0.663. The van der Waals surface area contributed by atoms with Gasteiger partial charge in [0.15, 0.2) is 0 Å². The fourth-order valence-corrected chi connectivity index (χ4v) is 2.26. The summed E-state index contributed by atoms with van der Waals surface area (Å²) in [6.45, 7) is 9.47. The summed E-state index contributed by atoms with van der Waals surface area (Å²) in [5.74, 6) is 1.75. The van der Waals surface area contributed by atoms with Crippen LogP contribution in [0.15, 0.2) is 30.3 Å². The van der Waals surface area contributed by atoms with Crippen molar-refractivity contribution in [3.8, 4) is 0 Å². The van der Waals surface area contributed by atoms with Crippen LogP contribution in [-0.4, -0.2) is 25.1 Å². The van der Waals surface area contributed by atoms with Crippen LogP contribution in [0.3, 0.4) is 0 Å². The summed E-state index contributed by atoms with van der Waals surface area (Å²) in [6, 6.07) is 10.6. The molecule has 0 aliphatic heterocycles. The molecule has 2 rings (SSSR count). The molecule has 3 heteroatoms. The number of hydrogen-bond donors (Lipinski definition) is 1. The Morgan fingerprint density at radius 3 is 2.70 bits per heavy atom. The van der Waals surface area contributed by atoms with Gasteiger partial charge in [0.2, 0.25) is 0 Å². The third-order valence-corrected chi connectivity index (χ3v) is 3.48. The minimum absolute atomic E-state index is 0.663. The molecule has 1 heterocycles. The zero-order valence-electron chi connectivity index (χ0n) is 13.0. The van der Waals surface area contributed by atoms with Crippen LogP contribution in [0.4, 0.5) is 5.82 Å². The zero-order chi connectivity index (χ0) is 14.5. The Balaban J connectivity index is 2.33. The summed E-state index contributed by atoms with van der Waals surface area (Å²) in [6.07, 6.45) is 0. The van der Waals surface area contributed by atoms with E-state index in [2.05, 4.69) is 62.3 Å². The normalized spacial score (nSPS) is 11.2. The first-order valence-corrected chi connectivity index (χ1v) is 7.42. The van der Waals surface area contributed by atoms with E-state index in [4.69, 9.17) is 4.98 Å². The molecular formula is C17H25N3. The molecule has 0 fully saturated rings. The molecular weight excluding hydrogens is 246 g/mol.